The van der Waals surface area contributed by atoms with Gasteiger partial charge in [-0.15, -0.1) is 0 Å². The third-order valence-electron chi connectivity index (χ3n) is 1.78. The Morgan fingerprint density at radius 1 is 1.44 bits per heavy atom. The molecule has 0 aliphatic carbocycles. The summed E-state index contributed by atoms with van der Waals surface area (Å²) in [6.45, 7) is 3.21. The molecule has 0 aromatic heterocycles. The molecule has 0 radical (unpaired) electrons. The Hall–Kier alpha value is -1.71. The highest BCUT2D eigenvalue weighted by Gasteiger charge is 2.00. The predicted octanol–water partition coefficient (Wildman–Crippen LogP) is 2.44. The van der Waals surface area contributed by atoms with E-state index in [1.165, 1.54) is 5.56 Å². The highest BCUT2D eigenvalue weighted by atomic mass is 16.5. The normalized spacial score (nSPS) is 8.94. The van der Waals surface area contributed by atoms with Gasteiger partial charge in [-0.25, -0.2) is 0 Å². The fraction of sp³-hybridized carbons (Fsp3) is 0.417. The lowest BCUT2D eigenvalue weighted by molar-refractivity contribution is -0.134. The predicted molar refractivity (Wildman–Crippen MR) is 62.0 cm³/mol. The van der Waals surface area contributed by atoms with E-state index in [0.717, 1.165) is 19.8 Å². The zero-order valence-electron chi connectivity index (χ0n) is 9.86. The van der Waals surface area contributed by atoms with Crippen LogP contribution in [0.5, 0.6) is 11.5 Å². The van der Waals surface area contributed by atoms with Crippen LogP contribution in [0.25, 0.3) is 0 Å². The van der Waals surface area contributed by atoms with Gasteiger partial charge in [-0.1, -0.05) is 19.4 Å². The topological polar surface area (TPSA) is 66.8 Å². The molecule has 90 valence electrons. The summed E-state index contributed by atoms with van der Waals surface area (Å²) >= 11 is 0. The van der Waals surface area contributed by atoms with Crippen LogP contribution in [0.15, 0.2) is 18.2 Å². The molecule has 0 aliphatic heterocycles. The van der Waals surface area contributed by atoms with E-state index in [-0.39, 0.29) is 5.75 Å². The molecule has 0 fully saturated rings. The maximum atomic E-state index is 9.28. The number of rotatable bonds is 3. The second-order valence-electron chi connectivity index (χ2n) is 3.28. The van der Waals surface area contributed by atoms with E-state index in [4.69, 9.17) is 14.6 Å². The van der Waals surface area contributed by atoms with Crippen LogP contribution in [0.4, 0.5) is 0 Å². The molecular formula is C12H18O4. The van der Waals surface area contributed by atoms with E-state index in [2.05, 4.69) is 6.92 Å². The monoisotopic (exact) mass is 226 g/mol. The highest BCUT2D eigenvalue weighted by molar-refractivity contribution is 5.62. The van der Waals surface area contributed by atoms with Crippen LogP contribution in [-0.2, 0) is 11.2 Å². The number of hydrogen-bond donors (Lipinski definition) is 2. The Balaban J connectivity index is 0.000000487. The molecular weight excluding hydrogens is 208 g/mol. The second-order valence-corrected chi connectivity index (χ2v) is 3.28. The van der Waals surface area contributed by atoms with Crippen molar-refractivity contribution in [1.82, 2.24) is 0 Å². The first-order valence-electron chi connectivity index (χ1n) is 5.06. The maximum Gasteiger partial charge on any atom is 0.300 e. The average molecular weight is 226 g/mol. The summed E-state index contributed by atoms with van der Waals surface area (Å²) < 4.78 is 4.98. The third-order valence-corrected chi connectivity index (χ3v) is 1.78. The number of phenolic OH excluding ortho intramolecular Hbond substituents is 1. The van der Waals surface area contributed by atoms with E-state index in [1.54, 1.807) is 13.2 Å². The first-order valence-corrected chi connectivity index (χ1v) is 5.06. The number of hydrogen-bond acceptors (Lipinski definition) is 3. The summed E-state index contributed by atoms with van der Waals surface area (Å²) in [5.74, 6) is -0.0710. The molecule has 0 unspecified atom stereocenters. The lowest BCUT2D eigenvalue weighted by Gasteiger charge is -2.05. The Labute approximate surface area is 95.5 Å². The number of aliphatic carboxylic acids is 1. The van der Waals surface area contributed by atoms with Crippen LogP contribution in [0.3, 0.4) is 0 Å². The Morgan fingerprint density at radius 2 is 2.00 bits per heavy atom. The van der Waals surface area contributed by atoms with Crippen molar-refractivity contribution in [2.24, 2.45) is 0 Å². The Kier molecular flexibility index (Phi) is 6.76. The molecule has 1 rings (SSSR count). The van der Waals surface area contributed by atoms with E-state index >= 15 is 0 Å². The number of carboxylic acids is 1. The highest BCUT2D eigenvalue weighted by Crippen LogP contribution is 2.26. The van der Waals surface area contributed by atoms with E-state index in [0.29, 0.717) is 5.75 Å². The quantitative estimate of drug-likeness (QED) is 0.830. The molecule has 1 aromatic rings. The van der Waals surface area contributed by atoms with Crippen molar-refractivity contribution in [3.63, 3.8) is 0 Å². The summed E-state index contributed by atoms with van der Waals surface area (Å²) in [4.78, 5) is 9.00. The minimum Gasteiger partial charge on any atom is -0.504 e. The zero-order chi connectivity index (χ0) is 12.6. The minimum absolute atomic E-state index is 0.206. The number of benzene rings is 1. The van der Waals surface area contributed by atoms with Crippen molar-refractivity contribution < 1.29 is 19.7 Å². The standard InChI is InChI=1S/C10H14O2.C2H4O2/c1-3-4-8-5-6-9(11)10(7-8)12-2;1-2(3)4/h5-7,11H,3-4H2,1-2H3;1H3,(H,3,4). The molecule has 0 heterocycles. The number of phenols is 1. The largest absolute Gasteiger partial charge is 0.504 e. The number of ether oxygens (including phenoxy) is 1. The molecule has 2 N–H and O–H groups in total. The van der Waals surface area contributed by atoms with Gasteiger partial charge in [0.25, 0.3) is 5.97 Å². The van der Waals surface area contributed by atoms with Gasteiger partial charge >= 0.3 is 0 Å². The summed E-state index contributed by atoms with van der Waals surface area (Å²) in [7, 11) is 1.56. The van der Waals surface area contributed by atoms with Crippen LogP contribution in [0, 0.1) is 0 Å². The zero-order valence-corrected chi connectivity index (χ0v) is 9.86. The fourth-order valence-electron chi connectivity index (χ4n) is 1.17. The van der Waals surface area contributed by atoms with Crippen molar-refractivity contribution in [1.29, 1.82) is 0 Å². The number of methoxy groups -OCH3 is 1. The molecule has 0 bridgehead atoms. The maximum absolute atomic E-state index is 9.28. The van der Waals surface area contributed by atoms with Crippen molar-refractivity contribution in [2.45, 2.75) is 26.7 Å². The van der Waals surface area contributed by atoms with Crippen LogP contribution >= 0.6 is 0 Å². The van der Waals surface area contributed by atoms with Crippen molar-refractivity contribution in [2.75, 3.05) is 7.11 Å². The van der Waals surface area contributed by atoms with Gasteiger partial charge in [-0.05, 0) is 24.1 Å². The molecule has 16 heavy (non-hydrogen) atoms. The van der Waals surface area contributed by atoms with Gasteiger partial charge in [0, 0.05) is 6.92 Å². The number of aryl methyl sites for hydroxylation is 1. The molecule has 0 aliphatic rings. The molecule has 0 saturated carbocycles. The van der Waals surface area contributed by atoms with Crippen molar-refractivity contribution in [3.05, 3.63) is 23.8 Å². The van der Waals surface area contributed by atoms with E-state index in [9.17, 15) is 5.11 Å². The van der Waals surface area contributed by atoms with Crippen LogP contribution < -0.4 is 4.74 Å². The molecule has 0 spiro atoms. The molecule has 1 aromatic carbocycles. The SMILES string of the molecule is CC(=O)O.CCCc1ccc(O)c(OC)c1. The van der Waals surface area contributed by atoms with Gasteiger partial charge in [0.1, 0.15) is 0 Å². The third kappa shape index (κ3) is 5.90. The summed E-state index contributed by atoms with van der Waals surface area (Å²) in [6, 6.07) is 5.46. The average Bonchev–Trinajstić information content (AvgIpc) is 2.20. The molecule has 0 atom stereocenters. The molecule has 0 amide bonds. The van der Waals surface area contributed by atoms with Gasteiger partial charge in [0.05, 0.1) is 7.11 Å². The van der Waals surface area contributed by atoms with Crippen molar-refractivity contribution >= 4 is 5.97 Å². The first kappa shape index (κ1) is 14.3. The van der Waals surface area contributed by atoms with Crippen molar-refractivity contribution in [3.8, 4) is 11.5 Å². The Morgan fingerprint density at radius 3 is 2.44 bits per heavy atom. The minimum atomic E-state index is -0.833. The van der Waals surface area contributed by atoms with Gasteiger partial charge < -0.3 is 14.9 Å². The summed E-state index contributed by atoms with van der Waals surface area (Å²) in [6.07, 6.45) is 2.13. The smallest absolute Gasteiger partial charge is 0.300 e. The Bertz CT molecular complexity index is 330. The van der Waals surface area contributed by atoms with Gasteiger partial charge in [-0.2, -0.15) is 0 Å². The van der Waals surface area contributed by atoms with Gasteiger partial charge in [0.15, 0.2) is 11.5 Å². The van der Waals surface area contributed by atoms with Crippen LogP contribution in [0.2, 0.25) is 0 Å². The molecule has 4 nitrogen and oxygen atoms in total. The second kappa shape index (κ2) is 7.56. The lowest BCUT2D eigenvalue weighted by atomic mass is 10.1. The fourth-order valence-corrected chi connectivity index (χ4v) is 1.17. The van der Waals surface area contributed by atoms with Crippen LogP contribution in [-0.4, -0.2) is 23.3 Å². The summed E-state index contributed by atoms with van der Waals surface area (Å²) in [5, 5.41) is 16.7. The van der Waals surface area contributed by atoms with E-state index < -0.39 is 5.97 Å². The molecule has 0 saturated heterocycles. The summed E-state index contributed by atoms with van der Waals surface area (Å²) in [5.41, 5.74) is 1.20. The number of carboxylic acid groups (broad SMARTS) is 1. The van der Waals surface area contributed by atoms with E-state index in [1.807, 2.05) is 12.1 Å². The van der Waals surface area contributed by atoms with Gasteiger partial charge in [-0.3, -0.25) is 4.79 Å². The lowest BCUT2D eigenvalue weighted by Crippen LogP contribution is -1.87. The van der Waals surface area contributed by atoms with Gasteiger partial charge in [0.2, 0.25) is 0 Å². The van der Waals surface area contributed by atoms with Crippen LogP contribution in [0.1, 0.15) is 25.8 Å². The first-order chi connectivity index (χ1) is 7.51. The number of carbonyl (C=O) groups is 1. The molecule has 4 heteroatoms. The number of aromatic hydroxyl groups is 1.